The van der Waals surface area contributed by atoms with E-state index in [0.717, 1.165) is 5.56 Å². The zero-order valence-corrected chi connectivity index (χ0v) is 18.2. The highest BCUT2D eigenvalue weighted by Crippen LogP contribution is 2.36. The van der Waals surface area contributed by atoms with Crippen molar-refractivity contribution < 1.29 is 13.6 Å². The Kier molecular flexibility index (Phi) is 6.48. The van der Waals surface area contributed by atoms with Gasteiger partial charge in [0.25, 0.3) is 5.91 Å². The molecule has 170 valence electrons. The Morgan fingerprint density at radius 3 is 2.33 bits per heavy atom. The van der Waals surface area contributed by atoms with E-state index in [-0.39, 0.29) is 11.7 Å². The maximum Gasteiger partial charge on any atom is 0.258 e. The third kappa shape index (κ3) is 4.48. The summed E-state index contributed by atoms with van der Waals surface area (Å²) in [6, 6.07) is 15.2. The summed E-state index contributed by atoms with van der Waals surface area (Å²) in [4.78, 5) is 20.7. The summed E-state index contributed by atoms with van der Waals surface area (Å²) in [5.74, 6) is -1.04. The molecule has 1 aliphatic rings. The van der Waals surface area contributed by atoms with Gasteiger partial charge in [-0.2, -0.15) is 0 Å². The van der Waals surface area contributed by atoms with E-state index >= 15 is 0 Å². The fourth-order valence-corrected chi connectivity index (χ4v) is 4.03. The number of nitrogens with zero attached hydrogens (tertiary/aromatic N) is 3. The van der Waals surface area contributed by atoms with Crippen LogP contribution in [0.25, 0.3) is 11.3 Å². The van der Waals surface area contributed by atoms with Crippen LogP contribution in [-0.4, -0.2) is 40.6 Å². The van der Waals surface area contributed by atoms with E-state index in [0.29, 0.717) is 35.4 Å². The van der Waals surface area contributed by atoms with Crippen molar-refractivity contribution in [2.45, 2.75) is 18.8 Å². The summed E-state index contributed by atoms with van der Waals surface area (Å²) in [6.45, 7) is 0.358. The van der Waals surface area contributed by atoms with Gasteiger partial charge in [0.05, 0.1) is 11.3 Å². The molecule has 0 radical (unpaired) electrons. The van der Waals surface area contributed by atoms with Crippen molar-refractivity contribution in [1.29, 1.82) is 0 Å². The zero-order valence-electron chi connectivity index (χ0n) is 18.2. The Labute approximate surface area is 191 Å². The zero-order chi connectivity index (χ0) is 23.5. The molecule has 1 aromatic heterocycles. The number of rotatable bonds is 6. The van der Waals surface area contributed by atoms with Crippen LogP contribution in [0.4, 0.5) is 8.78 Å². The van der Waals surface area contributed by atoms with Crippen LogP contribution in [-0.2, 0) is 4.79 Å². The van der Waals surface area contributed by atoms with Crippen molar-refractivity contribution in [3.63, 3.8) is 0 Å². The van der Waals surface area contributed by atoms with Gasteiger partial charge in [-0.05, 0) is 42.3 Å². The van der Waals surface area contributed by atoms with Gasteiger partial charge in [0.1, 0.15) is 11.6 Å². The third-order valence-corrected chi connectivity index (χ3v) is 5.85. The number of amides is 1. The molecule has 4 rings (SSSR count). The molecule has 0 fully saturated rings. The molecule has 0 bridgehead atoms. The van der Waals surface area contributed by atoms with Crippen LogP contribution in [0.5, 0.6) is 0 Å². The maximum atomic E-state index is 14.2. The van der Waals surface area contributed by atoms with E-state index in [4.69, 9.17) is 11.5 Å². The Morgan fingerprint density at radius 2 is 1.67 bits per heavy atom. The fraction of sp³-hybridized carbons (Fsp3) is 0.200. The normalized spacial score (nSPS) is 17.5. The summed E-state index contributed by atoms with van der Waals surface area (Å²) in [6.07, 6.45) is 2.88. The van der Waals surface area contributed by atoms with Gasteiger partial charge >= 0.3 is 0 Å². The van der Waals surface area contributed by atoms with Gasteiger partial charge in [0, 0.05) is 43.2 Å². The van der Waals surface area contributed by atoms with Gasteiger partial charge in [-0.3, -0.25) is 15.5 Å². The Bertz CT molecular complexity index is 1170. The lowest BCUT2D eigenvalue weighted by Crippen LogP contribution is -2.58. The number of pyridine rings is 1. The average Bonchev–Trinajstić information content (AvgIpc) is 2.83. The average molecular weight is 450 g/mol. The molecule has 4 N–H and O–H groups in total. The first kappa shape index (κ1) is 22.6. The monoisotopic (exact) mass is 449 g/mol. The Balaban J connectivity index is 1.78. The first-order chi connectivity index (χ1) is 15.9. The van der Waals surface area contributed by atoms with Crippen LogP contribution in [0.3, 0.4) is 0 Å². The quantitative estimate of drug-likeness (QED) is 0.603. The number of nitrogens with two attached hydrogens (primary N) is 2. The predicted molar refractivity (Wildman–Crippen MR) is 123 cm³/mol. The second kappa shape index (κ2) is 9.48. The van der Waals surface area contributed by atoms with Crippen molar-refractivity contribution in [2.24, 2.45) is 11.5 Å². The molecule has 2 heterocycles. The number of carbonyl (C=O) groups is 1. The molecular weight excluding hydrogens is 424 g/mol. The Hall–Kier alpha value is -3.62. The van der Waals surface area contributed by atoms with Crippen LogP contribution in [0.15, 0.2) is 73.1 Å². The maximum absolute atomic E-state index is 14.2. The van der Waals surface area contributed by atoms with Crippen molar-refractivity contribution in [2.75, 3.05) is 13.6 Å². The SMILES string of the molecule is CN1C(=O)C(c2ccc(F)cc2)=C(c2ccncc2)N(CCC(N)c2ccccc2F)C1N. The molecular formula is C25H25F2N5O. The lowest BCUT2D eigenvalue weighted by molar-refractivity contribution is -0.129. The van der Waals surface area contributed by atoms with E-state index in [1.54, 1.807) is 61.9 Å². The molecule has 0 aliphatic carbocycles. The van der Waals surface area contributed by atoms with Gasteiger partial charge in [-0.1, -0.05) is 30.3 Å². The molecule has 0 saturated heterocycles. The number of carbonyl (C=O) groups excluding carboxylic acids is 1. The van der Waals surface area contributed by atoms with Crippen LogP contribution in [0, 0.1) is 11.6 Å². The summed E-state index contributed by atoms with van der Waals surface area (Å²) in [7, 11) is 1.61. The van der Waals surface area contributed by atoms with E-state index < -0.39 is 18.1 Å². The molecule has 8 heteroatoms. The highest BCUT2D eigenvalue weighted by molar-refractivity contribution is 6.27. The molecule has 2 aromatic carbocycles. The highest BCUT2D eigenvalue weighted by atomic mass is 19.1. The van der Waals surface area contributed by atoms with Gasteiger partial charge in [-0.25, -0.2) is 8.78 Å². The number of benzene rings is 2. The van der Waals surface area contributed by atoms with Gasteiger partial charge in [-0.15, -0.1) is 0 Å². The molecule has 6 nitrogen and oxygen atoms in total. The number of halogens is 2. The number of aromatic nitrogens is 1. The van der Waals surface area contributed by atoms with E-state index in [9.17, 15) is 13.6 Å². The van der Waals surface area contributed by atoms with Gasteiger partial charge < -0.3 is 15.5 Å². The van der Waals surface area contributed by atoms with Gasteiger partial charge in [0.15, 0.2) is 6.29 Å². The predicted octanol–water partition coefficient (Wildman–Crippen LogP) is 3.33. The third-order valence-electron chi connectivity index (χ3n) is 5.85. The number of hydrogen-bond donors (Lipinski definition) is 2. The van der Waals surface area contributed by atoms with Crippen molar-refractivity contribution in [1.82, 2.24) is 14.8 Å². The standard InChI is InChI=1S/C25H25F2N5O/c1-31-24(33)22(16-6-8-18(26)9-7-16)23(17-10-13-30-14-11-17)32(25(31)29)15-12-21(28)19-4-2-3-5-20(19)27/h2-11,13-14,21,25H,12,15,28-29H2,1H3. The fourth-order valence-electron chi connectivity index (χ4n) is 4.03. The lowest BCUT2D eigenvalue weighted by atomic mass is 9.95. The highest BCUT2D eigenvalue weighted by Gasteiger charge is 2.37. The summed E-state index contributed by atoms with van der Waals surface area (Å²) < 4.78 is 27.8. The summed E-state index contributed by atoms with van der Waals surface area (Å²) in [5.41, 5.74) is 15.5. The minimum atomic E-state index is -0.766. The smallest absolute Gasteiger partial charge is 0.258 e. The molecule has 33 heavy (non-hydrogen) atoms. The van der Waals surface area contributed by atoms with Crippen molar-refractivity contribution >= 4 is 17.2 Å². The van der Waals surface area contributed by atoms with E-state index in [1.807, 2.05) is 4.90 Å². The molecule has 1 amide bonds. The van der Waals surface area contributed by atoms with Crippen molar-refractivity contribution in [3.8, 4) is 0 Å². The molecule has 0 saturated carbocycles. The molecule has 2 unspecified atom stereocenters. The molecule has 1 aliphatic heterocycles. The van der Waals surface area contributed by atoms with E-state index in [1.165, 1.54) is 23.1 Å². The number of hydrogen-bond acceptors (Lipinski definition) is 5. The van der Waals surface area contributed by atoms with Crippen molar-refractivity contribution in [3.05, 3.63) is 101 Å². The van der Waals surface area contributed by atoms with Crippen LogP contribution >= 0.6 is 0 Å². The topological polar surface area (TPSA) is 88.5 Å². The Morgan fingerprint density at radius 1 is 1.00 bits per heavy atom. The minimum absolute atomic E-state index is 0.282. The summed E-state index contributed by atoms with van der Waals surface area (Å²) in [5, 5.41) is 0. The van der Waals surface area contributed by atoms with E-state index in [2.05, 4.69) is 4.98 Å². The largest absolute Gasteiger partial charge is 0.338 e. The summed E-state index contributed by atoms with van der Waals surface area (Å²) >= 11 is 0. The molecule has 2 atom stereocenters. The van der Waals surface area contributed by atoms with Crippen LogP contribution in [0.2, 0.25) is 0 Å². The first-order valence-electron chi connectivity index (χ1n) is 10.6. The van der Waals surface area contributed by atoms with Gasteiger partial charge in [0.2, 0.25) is 0 Å². The van der Waals surface area contributed by atoms with Crippen LogP contribution < -0.4 is 11.5 Å². The second-order valence-corrected chi connectivity index (χ2v) is 7.91. The molecule has 0 spiro atoms. The van der Waals surface area contributed by atoms with Crippen LogP contribution in [0.1, 0.15) is 29.2 Å². The molecule has 3 aromatic rings. The minimum Gasteiger partial charge on any atom is -0.338 e. The lowest BCUT2D eigenvalue weighted by Gasteiger charge is -2.44. The number of likely N-dealkylation sites (N-methyl/N-ethyl adjacent to an activating group) is 1. The second-order valence-electron chi connectivity index (χ2n) is 7.91. The first-order valence-corrected chi connectivity index (χ1v) is 10.6.